The van der Waals surface area contributed by atoms with Gasteiger partial charge in [0.2, 0.25) is 0 Å². The van der Waals surface area contributed by atoms with Crippen molar-refractivity contribution in [3.63, 3.8) is 0 Å². The molecule has 0 aliphatic carbocycles. The van der Waals surface area contributed by atoms with Crippen LogP contribution in [0.5, 0.6) is 5.75 Å². The maximum absolute atomic E-state index is 12.2. The lowest BCUT2D eigenvalue weighted by molar-refractivity contribution is -0.128. The van der Waals surface area contributed by atoms with Gasteiger partial charge in [-0.3, -0.25) is 9.59 Å². The number of esters is 1. The van der Waals surface area contributed by atoms with Crippen molar-refractivity contribution in [3.05, 3.63) is 65.7 Å². The molecule has 0 spiro atoms. The van der Waals surface area contributed by atoms with Crippen LogP contribution >= 0.6 is 0 Å². The number of carbonyl (C=O) groups excluding carboxylic acids is 3. The minimum atomic E-state index is -0.616. The molecule has 2 aromatic carbocycles. The highest BCUT2D eigenvalue weighted by Gasteiger charge is 2.18. The van der Waals surface area contributed by atoms with Crippen molar-refractivity contribution in [2.75, 3.05) is 13.2 Å². The summed E-state index contributed by atoms with van der Waals surface area (Å²) in [7, 11) is 0. The fourth-order valence-corrected chi connectivity index (χ4v) is 2.46. The van der Waals surface area contributed by atoms with Crippen molar-refractivity contribution < 1.29 is 23.9 Å². The summed E-state index contributed by atoms with van der Waals surface area (Å²) >= 11 is 0. The van der Waals surface area contributed by atoms with Crippen LogP contribution in [0.4, 0.5) is 0 Å². The quantitative estimate of drug-likeness (QED) is 0.687. The summed E-state index contributed by atoms with van der Waals surface area (Å²) in [4.78, 5) is 35.7. The highest BCUT2D eigenvalue weighted by Crippen LogP contribution is 2.14. The number of rotatable bonds is 9. The second-order valence-corrected chi connectivity index (χ2v) is 5.96. The van der Waals surface area contributed by atoms with Crippen molar-refractivity contribution >= 4 is 17.7 Å². The number of hydrogen-bond acceptors (Lipinski definition) is 5. The lowest BCUT2D eigenvalue weighted by Gasteiger charge is -2.16. The number of ether oxygens (including phenoxy) is 2. The van der Waals surface area contributed by atoms with E-state index >= 15 is 0 Å². The largest absolute Gasteiger partial charge is 0.484 e. The average Bonchev–Trinajstić information content (AvgIpc) is 2.67. The molecule has 2 rings (SSSR count). The molecule has 0 saturated heterocycles. The predicted octanol–water partition coefficient (Wildman–Crippen LogP) is 2.56. The van der Waals surface area contributed by atoms with Gasteiger partial charge in [0.25, 0.3) is 5.91 Å². The van der Waals surface area contributed by atoms with Gasteiger partial charge in [-0.15, -0.1) is 0 Å². The molecule has 142 valence electrons. The number of benzene rings is 2. The molecular formula is C21H23NO5. The van der Waals surface area contributed by atoms with Crippen molar-refractivity contribution in [1.82, 2.24) is 5.32 Å². The van der Waals surface area contributed by atoms with Gasteiger partial charge in [-0.25, -0.2) is 4.79 Å². The highest BCUT2D eigenvalue weighted by molar-refractivity contribution is 5.90. The zero-order valence-corrected chi connectivity index (χ0v) is 15.4. The van der Waals surface area contributed by atoms with Gasteiger partial charge in [0.15, 0.2) is 12.4 Å². The van der Waals surface area contributed by atoms with Crippen molar-refractivity contribution in [2.24, 2.45) is 0 Å². The molecule has 0 aliphatic rings. The summed E-state index contributed by atoms with van der Waals surface area (Å²) in [5.41, 5.74) is 1.31. The molecule has 0 aromatic heterocycles. The van der Waals surface area contributed by atoms with E-state index in [4.69, 9.17) is 9.47 Å². The normalized spacial score (nSPS) is 11.3. The number of nitrogens with one attached hydrogen (secondary N) is 1. The molecule has 0 aliphatic heterocycles. The van der Waals surface area contributed by atoms with Gasteiger partial charge in [0.1, 0.15) is 5.75 Å². The van der Waals surface area contributed by atoms with E-state index < -0.39 is 17.9 Å². The van der Waals surface area contributed by atoms with Crippen LogP contribution in [0.25, 0.3) is 0 Å². The summed E-state index contributed by atoms with van der Waals surface area (Å²) in [5.74, 6) is -0.616. The topological polar surface area (TPSA) is 81.7 Å². The van der Waals surface area contributed by atoms with Crippen LogP contribution in [-0.4, -0.2) is 36.9 Å². The molecule has 27 heavy (non-hydrogen) atoms. The fourth-order valence-electron chi connectivity index (χ4n) is 2.46. The van der Waals surface area contributed by atoms with Gasteiger partial charge >= 0.3 is 5.97 Å². The summed E-state index contributed by atoms with van der Waals surface area (Å²) < 4.78 is 10.4. The molecule has 2 aromatic rings. The molecular weight excluding hydrogens is 346 g/mol. The van der Waals surface area contributed by atoms with E-state index in [0.717, 1.165) is 5.56 Å². The van der Waals surface area contributed by atoms with Crippen LogP contribution in [0, 0.1) is 0 Å². The number of ketones is 1. The average molecular weight is 369 g/mol. The van der Waals surface area contributed by atoms with Gasteiger partial charge in [-0.1, -0.05) is 36.4 Å². The third-order valence-electron chi connectivity index (χ3n) is 3.82. The third kappa shape index (κ3) is 6.58. The predicted molar refractivity (Wildman–Crippen MR) is 101 cm³/mol. The van der Waals surface area contributed by atoms with Crippen LogP contribution in [0.3, 0.4) is 0 Å². The summed E-state index contributed by atoms with van der Waals surface area (Å²) in [6.45, 7) is 3.19. The fraction of sp³-hybridized carbons (Fsp3) is 0.286. The first-order chi connectivity index (χ1) is 13.0. The summed E-state index contributed by atoms with van der Waals surface area (Å²) in [6.07, 6.45) is 0.417. The van der Waals surface area contributed by atoms with Gasteiger partial charge < -0.3 is 14.8 Å². The maximum atomic E-state index is 12.2. The molecule has 0 saturated carbocycles. The highest BCUT2D eigenvalue weighted by atomic mass is 16.5. The standard InChI is InChI=1S/C21H23NO5/c1-3-26-21(25)17-10-7-11-18(13-17)27-14-20(24)22-19(15(2)23)12-16-8-5-4-6-9-16/h4-11,13,19H,3,12,14H2,1-2H3,(H,22,24)/t19-/m1/s1. The van der Waals surface area contributed by atoms with Gasteiger partial charge in [0, 0.05) is 0 Å². The maximum Gasteiger partial charge on any atom is 0.338 e. The van der Waals surface area contributed by atoms with Gasteiger partial charge in [-0.05, 0) is 44.0 Å². The van der Waals surface area contributed by atoms with Crippen LogP contribution < -0.4 is 10.1 Å². The van der Waals surface area contributed by atoms with E-state index in [1.807, 2.05) is 30.3 Å². The van der Waals surface area contributed by atoms with E-state index in [9.17, 15) is 14.4 Å². The lowest BCUT2D eigenvalue weighted by Crippen LogP contribution is -2.43. The first-order valence-corrected chi connectivity index (χ1v) is 8.73. The molecule has 6 nitrogen and oxygen atoms in total. The van der Waals surface area contributed by atoms with E-state index in [0.29, 0.717) is 17.7 Å². The molecule has 0 bridgehead atoms. The Labute approximate surface area is 158 Å². The molecule has 0 radical (unpaired) electrons. The second kappa shape index (κ2) is 10.1. The van der Waals surface area contributed by atoms with Crippen LogP contribution in [0.1, 0.15) is 29.8 Å². The van der Waals surface area contributed by atoms with Crippen LogP contribution in [0.2, 0.25) is 0 Å². The Kier molecular flexibility index (Phi) is 7.55. The molecule has 6 heteroatoms. The van der Waals surface area contributed by atoms with Gasteiger partial charge in [-0.2, -0.15) is 0 Å². The Morgan fingerprint density at radius 1 is 1.04 bits per heavy atom. The first kappa shape index (κ1) is 20.2. The monoisotopic (exact) mass is 369 g/mol. The van der Waals surface area contributed by atoms with Gasteiger partial charge in [0.05, 0.1) is 18.2 Å². The SMILES string of the molecule is CCOC(=O)c1cccc(OCC(=O)N[C@H](Cc2ccccc2)C(C)=O)c1. The second-order valence-electron chi connectivity index (χ2n) is 5.96. The number of carbonyl (C=O) groups is 3. The summed E-state index contributed by atoms with van der Waals surface area (Å²) in [5, 5.41) is 2.69. The minimum Gasteiger partial charge on any atom is -0.484 e. The third-order valence-corrected chi connectivity index (χ3v) is 3.82. The zero-order valence-electron chi connectivity index (χ0n) is 15.4. The van der Waals surface area contributed by atoms with Crippen molar-refractivity contribution in [3.8, 4) is 5.75 Å². The molecule has 0 heterocycles. The zero-order chi connectivity index (χ0) is 19.6. The Morgan fingerprint density at radius 3 is 2.44 bits per heavy atom. The van der Waals surface area contributed by atoms with Crippen molar-refractivity contribution in [1.29, 1.82) is 0 Å². The van der Waals surface area contributed by atoms with Crippen LogP contribution in [-0.2, 0) is 20.7 Å². The number of Topliss-reactive ketones (excluding diaryl/α,β-unsaturated/α-hetero) is 1. The Balaban J connectivity index is 1.91. The minimum absolute atomic E-state index is 0.128. The Hall–Kier alpha value is -3.15. The Bertz CT molecular complexity index is 788. The van der Waals surface area contributed by atoms with E-state index in [1.165, 1.54) is 13.0 Å². The number of hydrogen-bond donors (Lipinski definition) is 1. The van der Waals surface area contributed by atoms with Crippen molar-refractivity contribution in [2.45, 2.75) is 26.3 Å². The molecule has 1 atom stereocenters. The molecule has 1 amide bonds. The van der Waals surface area contributed by atoms with E-state index in [-0.39, 0.29) is 19.0 Å². The first-order valence-electron chi connectivity index (χ1n) is 8.73. The van der Waals surface area contributed by atoms with E-state index in [1.54, 1.807) is 25.1 Å². The lowest BCUT2D eigenvalue weighted by atomic mass is 10.0. The smallest absolute Gasteiger partial charge is 0.338 e. The molecule has 1 N–H and O–H groups in total. The van der Waals surface area contributed by atoms with E-state index in [2.05, 4.69) is 5.32 Å². The molecule has 0 unspecified atom stereocenters. The molecule has 0 fully saturated rings. The van der Waals surface area contributed by atoms with Crippen LogP contribution in [0.15, 0.2) is 54.6 Å². The Morgan fingerprint density at radius 2 is 1.78 bits per heavy atom. The number of amides is 1. The summed E-state index contributed by atoms with van der Waals surface area (Å²) in [6, 6.07) is 15.3.